The Morgan fingerprint density at radius 3 is 2.50 bits per heavy atom. The molecule has 134 valence electrons. The summed E-state index contributed by atoms with van der Waals surface area (Å²) in [5, 5.41) is 6.28. The number of benzene rings is 1. The van der Waals surface area contributed by atoms with Gasteiger partial charge in [-0.1, -0.05) is 32.0 Å². The molecule has 1 aromatic carbocycles. The van der Waals surface area contributed by atoms with Gasteiger partial charge in [0.15, 0.2) is 0 Å². The molecule has 5 nitrogen and oxygen atoms in total. The summed E-state index contributed by atoms with van der Waals surface area (Å²) in [7, 11) is 0. The number of aryl methyl sites for hydroxylation is 2. The van der Waals surface area contributed by atoms with Crippen LogP contribution in [-0.4, -0.2) is 10.9 Å². The fraction of sp³-hybridized carbons (Fsp3) is 0.238. The van der Waals surface area contributed by atoms with E-state index >= 15 is 0 Å². The molecule has 0 saturated carbocycles. The molecule has 0 saturated heterocycles. The van der Waals surface area contributed by atoms with Gasteiger partial charge in [-0.15, -0.1) is 0 Å². The van der Waals surface area contributed by atoms with E-state index in [1.165, 1.54) is 11.1 Å². The summed E-state index contributed by atoms with van der Waals surface area (Å²) in [5.41, 5.74) is 4.84. The second kappa shape index (κ2) is 8.34. The summed E-state index contributed by atoms with van der Waals surface area (Å²) in [5.74, 6) is 0.474. The normalized spacial score (nSPS) is 10.5. The van der Waals surface area contributed by atoms with Crippen LogP contribution in [0.2, 0.25) is 0 Å². The lowest BCUT2D eigenvalue weighted by Crippen LogP contribution is -2.23. The fourth-order valence-corrected chi connectivity index (χ4v) is 2.85. The second-order valence-electron chi connectivity index (χ2n) is 5.98. The number of rotatable bonds is 7. The number of pyridine rings is 1. The molecule has 3 rings (SSSR count). The van der Waals surface area contributed by atoms with Gasteiger partial charge in [0.1, 0.15) is 11.5 Å². The topological polar surface area (TPSA) is 67.2 Å². The molecule has 0 fully saturated rings. The molecule has 0 spiro atoms. The number of carbonyl (C=O) groups excluding carboxylic acids is 1. The quantitative estimate of drug-likeness (QED) is 0.660. The van der Waals surface area contributed by atoms with Crippen molar-refractivity contribution in [2.24, 2.45) is 0 Å². The summed E-state index contributed by atoms with van der Waals surface area (Å²) < 4.78 is 5.23. The summed E-state index contributed by atoms with van der Waals surface area (Å²) in [6, 6.07) is 13.6. The van der Waals surface area contributed by atoms with Crippen LogP contribution in [0, 0.1) is 0 Å². The zero-order valence-electron chi connectivity index (χ0n) is 15.1. The standard InChI is InChI=1S/C21H23N3O2/c1-3-15-7-5-8-16(4-2)20(15)24-17-10-11-22-19(13-17)21(25)23-14-18-9-6-12-26-18/h5-13H,3-4,14H2,1-2H3,(H,22,24)(H,23,25). The number of aromatic nitrogens is 1. The predicted octanol–water partition coefficient (Wildman–Crippen LogP) is 4.47. The first kappa shape index (κ1) is 17.7. The molecule has 0 aliphatic carbocycles. The first-order valence-electron chi connectivity index (χ1n) is 8.85. The van der Waals surface area contributed by atoms with Crippen molar-refractivity contribution in [2.75, 3.05) is 5.32 Å². The molecule has 0 atom stereocenters. The maximum atomic E-state index is 12.3. The fourth-order valence-electron chi connectivity index (χ4n) is 2.85. The first-order valence-corrected chi connectivity index (χ1v) is 8.85. The third-order valence-corrected chi connectivity index (χ3v) is 4.26. The van der Waals surface area contributed by atoms with E-state index in [0.717, 1.165) is 24.2 Å². The predicted molar refractivity (Wildman–Crippen MR) is 103 cm³/mol. The molecule has 2 N–H and O–H groups in total. The second-order valence-corrected chi connectivity index (χ2v) is 5.98. The van der Waals surface area contributed by atoms with Gasteiger partial charge in [0, 0.05) is 17.6 Å². The molecular weight excluding hydrogens is 326 g/mol. The molecule has 5 heteroatoms. The van der Waals surface area contributed by atoms with Gasteiger partial charge in [0.05, 0.1) is 12.8 Å². The maximum Gasteiger partial charge on any atom is 0.270 e. The number of hydrogen-bond donors (Lipinski definition) is 2. The molecule has 2 heterocycles. The van der Waals surface area contributed by atoms with Crippen LogP contribution in [0.4, 0.5) is 11.4 Å². The summed E-state index contributed by atoms with van der Waals surface area (Å²) in [6.07, 6.45) is 5.11. The monoisotopic (exact) mass is 349 g/mol. The van der Waals surface area contributed by atoms with Gasteiger partial charge in [0.2, 0.25) is 0 Å². The number of hydrogen-bond acceptors (Lipinski definition) is 4. The van der Waals surface area contributed by atoms with Crippen LogP contribution in [0.5, 0.6) is 0 Å². The van der Waals surface area contributed by atoms with Crippen LogP contribution in [0.15, 0.2) is 59.3 Å². The molecule has 26 heavy (non-hydrogen) atoms. The Morgan fingerprint density at radius 1 is 1.08 bits per heavy atom. The number of nitrogens with zero attached hydrogens (tertiary/aromatic N) is 1. The Bertz CT molecular complexity index is 850. The van der Waals surface area contributed by atoms with Gasteiger partial charge in [-0.2, -0.15) is 0 Å². The zero-order valence-corrected chi connectivity index (χ0v) is 15.1. The number of furan rings is 1. The summed E-state index contributed by atoms with van der Waals surface area (Å²) in [4.78, 5) is 16.5. The number of nitrogens with one attached hydrogen (secondary N) is 2. The maximum absolute atomic E-state index is 12.3. The van der Waals surface area contributed by atoms with Gasteiger partial charge < -0.3 is 15.1 Å². The van der Waals surface area contributed by atoms with Crippen LogP contribution in [0.1, 0.15) is 41.2 Å². The molecule has 3 aromatic rings. The molecule has 0 bridgehead atoms. The number of amides is 1. The third kappa shape index (κ3) is 4.11. The van der Waals surface area contributed by atoms with Crippen molar-refractivity contribution < 1.29 is 9.21 Å². The summed E-state index contributed by atoms with van der Waals surface area (Å²) >= 11 is 0. The lowest BCUT2D eigenvalue weighted by atomic mass is 10.0. The van der Waals surface area contributed by atoms with Gasteiger partial charge in [0.25, 0.3) is 5.91 Å². The molecule has 2 aromatic heterocycles. The van der Waals surface area contributed by atoms with Gasteiger partial charge in [-0.25, -0.2) is 0 Å². The molecule has 0 aliphatic rings. The van der Waals surface area contributed by atoms with Crippen molar-refractivity contribution in [2.45, 2.75) is 33.2 Å². The van der Waals surface area contributed by atoms with Gasteiger partial charge in [-0.05, 0) is 48.2 Å². The van der Waals surface area contributed by atoms with Crippen molar-refractivity contribution in [1.82, 2.24) is 10.3 Å². The average molecular weight is 349 g/mol. The van der Waals surface area contributed by atoms with E-state index in [0.29, 0.717) is 18.0 Å². The van der Waals surface area contributed by atoms with E-state index in [9.17, 15) is 4.79 Å². The van der Waals surface area contributed by atoms with Crippen LogP contribution in [0.25, 0.3) is 0 Å². The van der Waals surface area contributed by atoms with Crippen molar-refractivity contribution in [3.05, 3.63) is 77.5 Å². The minimum absolute atomic E-state index is 0.232. The Morgan fingerprint density at radius 2 is 1.85 bits per heavy atom. The van der Waals surface area contributed by atoms with Crippen LogP contribution >= 0.6 is 0 Å². The summed E-state index contributed by atoms with van der Waals surface area (Å²) in [6.45, 7) is 4.61. The van der Waals surface area contributed by atoms with E-state index in [4.69, 9.17) is 4.42 Å². The number of anilines is 2. The lowest BCUT2D eigenvalue weighted by Gasteiger charge is -2.15. The van der Waals surface area contributed by atoms with E-state index in [-0.39, 0.29) is 5.91 Å². The highest BCUT2D eigenvalue weighted by Gasteiger charge is 2.11. The Hall–Kier alpha value is -3.08. The minimum atomic E-state index is -0.232. The molecule has 0 unspecified atom stereocenters. The van der Waals surface area contributed by atoms with Gasteiger partial charge >= 0.3 is 0 Å². The zero-order chi connectivity index (χ0) is 18.4. The highest BCUT2D eigenvalue weighted by Crippen LogP contribution is 2.26. The van der Waals surface area contributed by atoms with Crippen LogP contribution < -0.4 is 10.6 Å². The van der Waals surface area contributed by atoms with Crippen molar-refractivity contribution in [3.63, 3.8) is 0 Å². The minimum Gasteiger partial charge on any atom is -0.467 e. The SMILES string of the molecule is CCc1cccc(CC)c1Nc1ccnc(C(=O)NCc2ccco2)c1. The van der Waals surface area contributed by atoms with E-state index in [2.05, 4.69) is 47.7 Å². The van der Waals surface area contributed by atoms with E-state index < -0.39 is 0 Å². The average Bonchev–Trinajstić information content (AvgIpc) is 3.20. The highest BCUT2D eigenvalue weighted by molar-refractivity contribution is 5.93. The first-order chi connectivity index (χ1) is 12.7. The van der Waals surface area contributed by atoms with Crippen LogP contribution in [0.3, 0.4) is 0 Å². The Balaban J connectivity index is 1.76. The number of carbonyl (C=O) groups is 1. The highest BCUT2D eigenvalue weighted by atomic mass is 16.3. The largest absolute Gasteiger partial charge is 0.467 e. The van der Waals surface area contributed by atoms with Crippen molar-refractivity contribution in [3.8, 4) is 0 Å². The lowest BCUT2D eigenvalue weighted by molar-refractivity contribution is 0.0943. The Labute approximate surface area is 153 Å². The smallest absolute Gasteiger partial charge is 0.270 e. The molecule has 1 amide bonds. The molecule has 0 aliphatic heterocycles. The molecule has 0 radical (unpaired) electrons. The van der Waals surface area contributed by atoms with E-state index in [1.807, 2.05) is 12.1 Å². The molecular formula is C21H23N3O2. The Kier molecular flexibility index (Phi) is 5.69. The number of para-hydroxylation sites is 1. The van der Waals surface area contributed by atoms with Gasteiger partial charge in [-0.3, -0.25) is 9.78 Å². The van der Waals surface area contributed by atoms with Crippen LogP contribution in [-0.2, 0) is 19.4 Å². The van der Waals surface area contributed by atoms with Crippen molar-refractivity contribution >= 4 is 17.3 Å². The van der Waals surface area contributed by atoms with Crippen molar-refractivity contribution in [1.29, 1.82) is 0 Å². The van der Waals surface area contributed by atoms with E-state index in [1.54, 1.807) is 24.6 Å². The third-order valence-electron chi connectivity index (χ3n) is 4.26.